The van der Waals surface area contributed by atoms with Crippen molar-refractivity contribution in [2.24, 2.45) is 50.7 Å². The normalized spacial score (nSPS) is 16.9. The fraction of sp³-hybridized carbons (Fsp3) is 0.382. The van der Waals surface area contributed by atoms with Crippen molar-refractivity contribution in [1.82, 2.24) is 72.3 Å². The van der Waals surface area contributed by atoms with Gasteiger partial charge < -0.3 is 64.1 Å². The summed E-state index contributed by atoms with van der Waals surface area (Å²) in [6.45, 7) is 22.4. The zero-order valence-corrected chi connectivity index (χ0v) is 88.5. The number of aldehydes is 2. The third-order valence-electron chi connectivity index (χ3n) is 26.0. The summed E-state index contributed by atoms with van der Waals surface area (Å²) in [5, 5.41) is 24.2. The highest BCUT2D eigenvalue weighted by Gasteiger charge is 2.52. The summed E-state index contributed by atoms with van der Waals surface area (Å²) in [6, 6.07) is 21.5. The number of carbonyl (C=O) groups excluding carboxylic acids is 4. The fourth-order valence-electron chi connectivity index (χ4n) is 17.2. The van der Waals surface area contributed by atoms with Crippen molar-refractivity contribution in [1.29, 1.82) is 10.7 Å². The number of nitrogens with one attached hydrogen (secondary N) is 4. The molecule has 0 spiro atoms. The Balaban J connectivity index is 0.000000140. The zero-order chi connectivity index (χ0) is 102. The Kier molecular flexibility index (Phi) is 33.0. The van der Waals surface area contributed by atoms with Crippen molar-refractivity contribution in [3.05, 3.63) is 280 Å². The SMILES string of the molecule is C=C(Cl)C#N.CC1(C)Cc2cc3n(c2C1)CCN(c1nccc(Cl)c1C=O)C3=O.Cl.Cn1cc(-c2ccnc(N3CCn4c(cc5c4CC(C)(C)C5)C3=O)c2C=O)cc(Nc2ccnc(C3CC3)c2)c1=O.Cn1cc(B2OC(C)(C)C(C)(C)O2)cc(Nc2ccnc(C3CC3)n2)c1=O.Cn1cc(Br)cc(Br)c1=O.Cn1cc(Br)cc(Nc2cncc(C3CC3)n2)c1=O.N=C(N)C1CC1.Nc1cncc(C2CC2)n1. The van der Waals surface area contributed by atoms with Gasteiger partial charge in [-0.1, -0.05) is 57.5 Å². The number of hydrogen-bond acceptors (Lipinski definition) is 25. The Morgan fingerprint density at radius 3 is 1.54 bits per heavy atom. The summed E-state index contributed by atoms with van der Waals surface area (Å²) in [5.41, 5.74) is 23.8. The summed E-state index contributed by atoms with van der Waals surface area (Å²) in [5.74, 6) is 5.97. The lowest BCUT2D eigenvalue weighted by Gasteiger charge is -2.32. The van der Waals surface area contributed by atoms with Gasteiger partial charge >= 0.3 is 7.12 Å². The number of rotatable bonds is 17. The summed E-state index contributed by atoms with van der Waals surface area (Å²) < 4.78 is 24.9. The van der Waals surface area contributed by atoms with E-state index < -0.39 is 18.3 Å². The molecule has 41 heteroatoms. The maximum Gasteiger partial charge on any atom is 0.496 e. The van der Waals surface area contributed by atoms with Gasteiger partial charge in [0.25, 0.3) is 34.1 Å². The van der Waals surface area contributed by atoms with Crippen LogP contribution >= 0.6 is 83.4 Å². The van der Waals surface area contributed by atoms with E-state index >= 15 is 0 Å². The molecule has 0 bridgehead atoms. The first kappa shape index (κ1) is 106. The van der Waals surface area contributed by atoms with E-state index in [2.05, 4.69) is 152 Å². The van der Waals surface area contributed by atoms with E-state index in [1.54, 1.807) is 155 Å². The average Bonchev–Trinajstić information content (AvgIpc) is 1.59. The van der Waals surface area contributed by atoms with Crippen molar-refractivity contribution in [2.45, 2.75) is 193 Å². The largest absolute Gasteiger partial charge is 0.496 e. The molecule has 2 amide bonds. The maximum atomic E-state index is 13.7. The smallest absolute Gasteiger partial charge is 0.399 e. The van der Waals surface area contributed by atoms with Crippen LogP contribution in [0.15, 0.2) is 185 Å². The van der Waals surface area contributed by atoms with E-state index in [9.17, 15) is 38.4 Å². The number of hydrogen-bond donors (Lipinski definition) is 6. The minimum absolute atomic E-state index is 0. The molecule has 1 saturated heterocycles. The van der Waals surface area contributed by atoms with Gasteiger partial charge in [-0.25, -0.2) is 29.9 Å². The number of anilines is 9. The van der Waals surface area contributed by atoms with Crippen LogP contribution in [0.5, 0.6) is 0 Å². The van der Waals surface area contributed by atoms with E-state index in [1.165, 1.54) is 72.7 Å². The number of fused-ring (bicyclic) bond motifs is 6. The molecule has 12 aromatic rings. The molecular weight excluding hydrogens is 2080 g/mol. The van der Waals surface area contributed by atoms with E-state index in [-0.39, 0.29) is 67.9 Å². The second kappa shape index (κ2) is 44.4. The number of nitrogens with zero attached hydrogens (tertiary/aromatic N) is 18. The van der Waals surface area contributed by atoms with Gasteiger partial charge in [-0.05, 0) is 260 Å². The number of carbonyl (C=O) groups is 4. The predicted octanol–water partition coefficient (Wildman–Crippen LogP) is 17.5. The van der Waals surface area contributed by atoms with Crippen LogP contribution in [0.1, 0.15) is 230 Å². The number of aromatic nitrogens is 15. The van der Waals surface area contributed by atoms with Crippen LogP contribution in [0.25, 0.3) is 11.1 Å². The zero-order valence-electron chi connectivity index (χ0n) is 81.4. The molecule has 22 rings (SSSR count). The van der Waals surface area contributed by atoms with Gasteiger partial charge in [0.15, 0.2) is 12.6 Å². The van der Waals surface area contributed by atoms with E-state index in [4.69, 9.17) is 54.6 Å². The highest BCUT2D eigenvalue weighted by molar-refractivity contribution is 9.11. The Morgan fingerprint density at radius 2 is 1.02 bits per heavy atom. The molecule has 5 saturated carbocycles. The van der Waals surface area contributed by atoms with Crippen LogP contribution in [0, 0.1) is 33.5 Å². The Labute approximate surface area is 869 Å². The molecule has 10 aliphatic rings. The molecule has 3 aliphatic heterocycles. The third kappa shape index (κ3) is 25.8. The van der Waals surface area contributed by atoms with Crippen LogP contribution in [0.2, 0.25) is 5.02 Å². The number of nitriles is 1. The molecule has 12 aromatic heterocycles. The van der Waals surface area contributed by atoms with Gasteiger partial charge in [0.2, 0.25) is 0 Å². The minimum atomic E-state index is -0.533. The summed E-state index contributed by atoms with van der Waals surface area (Å²) in [4.78, 5) is 141. The Bertz CT molecular complexity index is 7170. The molecule has 0 unspecified atom stereocenters. The molecule has 7 aliphatic carbocycles. The minimum Gasteiger partial charge on any atom is -0.399 e. The van der Waals surface area contributed by atoms with Crippen LogP contribution in [-0.2, 0) is 76.3 Å². The van der Waals surface area contributed by atoms with Gasteiger partial charge in [0.1, 0.15) is 74.5 Å². The number of pyridine rings is 7. The summed E-state index contributed by atoms with van der Waals surface area (Å²) in [7, 11) is 6.29. The predicted molar refractivity (Wildman–Crippen MR) is 568 cm³/mol. The molecule has 746 valence electrons. The Morgan fingerprint density at radius 1 is 0.545 bits per heavy atom. The number of halogens is 6. The lowest BCUT2D eigenvalue weighted by molar-refractivity contribution is 0.00578. The second-order valence-electron chi connectivity index (χ2n) is 39.5. The fourth-order valence-corrected chi connectivity index (χ4v) is 19.3. The lowest BCUT2D eigenvalue weighted by Crippen LogP contribution is -2.41. The highest BCUT2D eigenvalue weighted by atomic mass is 79.9. The van der Waals surface area contributed by atoms with Gasteiger partial charge in [0, 0.05) is 189 Å². The summed E-state index contributed by atoms with van der Waals surface area (Å²) >= 11 is 20.7. The first-order valence-electron chi connectivity index (χ1n) is 46.8. The van der Waals surface area contributed by atoms with Crippen LogP contribution < -0.4 is 64.9 Å². The molecule has 0 atom stereocenters. The third-order valence-corrected chi connectivity index (χ3v) is 27.9. The number of amidine groups is 1. The summed E-state index contributed by atoms with van der Waals surface area (Å²) in [6.07, 6.45) is 37.3. The number of amides is 2. The van der Waals surface area contributed by atoms with Gasteiger partial charge in [-0.2, -0.15) is 5.26 Å². The van der Waals surface area contributed by atoms with E-state index in [0.717, 1.165) is 113 Å². The van der Waals surface area contributed by atoms with Gasteiger partial charge in [0.05, 0.1) is 61.4 Å². The van der Waals surface area contributed by atoms with Crippen LogP contribution in [-0.4, -0.2) is 134 Å². The number of aryl methyl sites for hydroxylation is 4. The van der Waals surface area contributed by atoms with Crippen molar-refractivity contribution < 1.29 is 28.5 Å². The van der Waals surface area contributed by atoms with E-state index in [1.807, 2.05) is 52.0 Å². The molecule has 8 N–H and O–H groups in total. The van der Waals surface area contributed by atoms with Crippen molar-refractivity contribution >= 4 is 178 Å². The van der Waals surface area contributed by atoms with E-state index in [0.29, 0.717) is 152 Å². The standard InChI is InChI=1S/C32H32N6O3.C19H25BN4O3.C18H18ClN3O2.C13H13BrN4O.C7H9N3.C6H5Br2NO.C4H8N2.C3H2ClN.ClH/c1-32(2)15-20-13-27-31(41)38(11-10-37(27)28(20)16-32)29-24(18-39)23(7-9-34-29)21-12-26(30(40)36(3)17-21)35-22-6-8-33-25(14-22)19-4-5-19;1-18(2)19(3,4)27-20(26-18)13-10-14(17(25)24(5)11-13)22-15-8-9-21-16(23-15)12-6-7-12;1-18(2)8-11-7-14-17(24)22(6-5-21(14)15(11)9-18)16-12(10-23)13(19)3-4-20-16;1-18-7-9(14)4-10(13(18)19)16-12-6-15-5-11(17-12)8-2-3-8;8-7-4-9-3-6(10-7)5-1-2-5;1-9-3-4(7)2-5(8)6(9)10;5-4(6)3-1-2-3;1-3(4)2-5;/h6-9,12-14,17-19H,4-5,10-11,15-16H2,1-3H3,(H,33,35);8-12H,6-7H2,1-5H3,(H,21,22,23);3-4,7,10H,5-6,8-9H2,1-2H3;4-8H,2-3H2,1H3,(H,16,17);3-5H,1-2H2,(H2,8,10);2-3H,1H3;3H,1-2H2,(H3,5,6);1H2;1H. The average molecular weight is 2190 g/mol. The molecule has 0 aromatic carbocycles. The molecule has 6 fully saturated rings. The van der Waals surface area contributed by atoms with Crippen molar-refractivity contribution in [2.75, 3.05) is 44.6 Å². The molecule has 15 heterocycles. The Hall–Kier alpha value is -12.5. The molecule has 0 radical (unpaired) electrons. The van der Waals surface area contributed by atoms with Crippen LogP contribution in [0.3, 0.4) is 0 Å². The molecular formula is C102H113BBr3Cl3N24O10. The monoisotopic (exact) mass is 2190 g/mol. The van der Waals surface area contributed by atoms with Crippen molar-refractivity contribution in [3.8, 4) is 17.2 Å². The first-order valence-corrected chi connectivity index (χ1v) is 49.9. The van der Waals surface area contributed by atoms with Gasteiger partial charge in [-0.3, -0.25) is 68.5 Å². The maximum absolute atomic E-state index is 13.7. The lowest BCUT2D eigenvalue weighted by atomic mass is 9.80. The number of allylic oxidation sites excluding steroid dienone is 1. The number of nitrogen functional groups attached to an aromatic ring is 1. The van der Waals surface area contributed by atoms with Crippen molar-refractivity contribution in [3.63, 3.8) is 0 Å². The topological polar surface area (TPSA) is 443 Å². The van der Waals surface area contributed by atoms with Crippen LogP contribution in [0.4, 0.5) is 51.8 Å². The highest BCUT2D eigenvalue weighted by Crippen LogP contribution is 2.46. The quantitative estimate of drug-likeness (QED) is 0.0162. The molecule has 143 heavy (non-hydrogen) atoms. The molecule has 34 nitrogen and oxygen atoms in total. The van der Waals surface area contributed by atoms with Gasteiger partial charge in [-0.15, -0.1) is 12.4 Å². The first-order chi connectivity index (χ1) is 67.5. The number of nitrogens with two attached hydrogens (primary N) is 2. The second-order valence-corrected chi connectivity index (χ2v) is 43.0.